The summed E-state index contributed by atoms with van der Waals surface area (Å²) in [4.78, 5) is 71.3. The highest BCUT2D eigenvalue weighted by Crippen LogP contribution is 2.35. The van der Waals surface area contributed by atoms with Gasteiger partial charge in [0.15, 0.2) is 11.6 Å². The molecule has 4 aliphatic rings. The van der Waals surface area contributed by atoms with Gasteiger partial charge in [-0.1, -0.05) is 37.0 Å². The van der Waals surface area contributed by atoms with Crippen LogP contribution in [0.1, 0.15) is 97.0 Å². The lowest BCUT2D eigenvalue weighted by molar-refractivity contribution is -0.136. The van der Waals surface area contributed by atoms with Crippen LogP contribution in [0.3, 0.4) is 0 Å². The Bertz CT molecular complexity index is 2740. The molecule has 0 aliphatic carbocycles. The first-order chi connectivity index (χ1) is 34.0. The summed E-state index contributed by atoms with van der Waals surface area (Å²) in [6.45, 7) is 5.45. The number of amides is 5. The van der Waals surface area contributed by atoms with E-state index in [1.165, 1.54) is 18.2 Å². The number of aromatic hydroxyl groups is 1. The normalized spacial score (nSPS) is 18.3. The molecule has 5 N–H and O–H groups in total. The van der Waals surface area contributed by atoms with Gasteiger partial charge in [0.1, 0.15) is 35.1 Å². The third-order valence-corrected chi connectivity index (χ3v) is 13.4. The van der Waals surface area contributed by atoms with Crippen molar-refractivity contribution in [2.24, 2.45) is 0 Å². The molecular formula is C50H57FN12O7. The number of phenols is 1. The minimum Gasteiger partial charge on any atom is -0.507 e. The van der Waals surface area contributed by atoms with E-state index < -0.39 is 35.5 Å². The highest BCUT2D eigenvalue weighted by atomic mass is 19.1. The van der Waals surface area contributed by atoms with Gasteiger partial charge >= 0.3 is 0 Å². The molecule has 0 radical (unpaired) electrons. The van der Waals surface area contributed by atoms with Crippen LogP contribution in [-0.4, -0.2) is 121 Å². The van der Waals surface area contributed by atoms with Crippen LogP contribution in [0.5, 0.6) is 11.5 Å². The van der Waals surface area contributed by atoms with Crippen LogP contribution in [0.25, 0.3) is 11.3 Å². The van der Waals surface area contributed by atoms with Crippen molar-refractivity contribution in [2.75, 3.05) is 60.1 Å². The van der Waals surface area contributed by atoms with Crippen LogP contribution < -0.4 is 30.9 Å². The number of carbonyl (C=O) groups is 5. The second kappa shape index (κ2) is 21.3. The topological polar surface area (TPSA) is 234 Å². The van der Waals surface area contributed by atoms with Gasteiger partial charge in [-0.2, -0.15) is 0 Å². The maximum absolute atomic E-state index is 13.9. The third-order valence-electron chi connectivity index (χ3n) is 13.4. The number of carbonyl (C=O) groups excluding carboxylic acids is 5. The van der Waals surface area contributed by atoms with Crippen LogP contribution in [0.2, 0.25) is 0 Å². The Morgan fingerprint density at radius 1 is 0.829 bits per heavy atom. The van der Waals surface area contributed by atoms with Gasteiger partial charge in [-0.15, -0.1) is 15.3 Å². The van der Waals surface area contributed by atoms with Gasteiger partial charge in [-0.05, 0) is 86.7 Å². The number of nitrogens with zero attached hydrogens (tertiary/aromatic N) is 9. The zero-order valence-corrected chi connectivity index (χ0v) is 38.9. The van der Waals surface area contributed by atoms with E-state index in [1.54, 1.807) is 28.9 Å². The number of nitrogens with two attached hydrogens (primary N) is 1. The average Bonchev–Trinajstić information content (AvgIpc) is 3.93. The van der Waals surface area contributed by atoms with Gasteiger partial charge in [0.05, 0.1) is 30.4 Å². The van der Waals surface area contributed by atoms with Crippen molar-refractivity contribution in [3.8, 4) is 22.8 Å². The number of ether oxygens (including phenoxy) is 1. The largest absolute Gasteiger partial charge is 0.507 e. The fourth-order valence-corrected chi connectivity index (χ4v) is 9.65. The predicted octanol–water partition coefficient (Wildman–Crippen LogP) is 5.30. The van der Waals surface area contributed by atoms with Crippen LogP contribution >= 0.6 is 0 Å². The predicted molar refractivity (Wildman–Crippen MR) is 257 cm³/mol. The molecule has 4 aliphatic heterocycles. The summed E-state index contributed by atoms with van der Waals surface area (Å²) in [7, 11) is 0. The first-order valence-electron chi connectivity index (χ1n) is 24.1. The first-order valence-corrected chi connectivity index (χ1v) is 24.1. The summed E-state index contributed by atoms with van der Waals surface area (Å²) in [6.07, 6.45) is 10.1. The number of aromatic nitrogens is 5. The van der Waals surface area contributed by atoms with Crippen LogP contribution in [-0.2, 0) is 27.5 Å². The van der Waals surface area contributed by atoms with Crippen LogP contribution in [0.15, 0.2) is 72.9 Å². The van der Waals surface area contributed by atoms with Gasteiger partial charge in [0, 0.05) is 80.8 Å². The van der Waals surface area contributed by atoms with E-state index >= 15 is 0 Å². The van der Waals surface area contributed by atoms with E-state index in [4.69, 9.17) is 10.5 Å². The molecule has 6 heterocycles. The smallest absolute Gasteiger partial charge is 0.264 e. The average molecular weight is 957 g/mol. The lowest BCUT2D eigenvalue weighted by Gasteiger charge is -2.37. The van der Waals surface area contributed by atoms with Crippen molar-refractivity contribution in [3.05, 3.63) is 95.6 Å². The van der Waals surface area contributed by atoms with Gasteiger partial charge < -0.3 is 35.6 Å². The van der Waals surface area contributed by atoms with Crippen LogP contribution in [0, 0.1) is 5.82 Å². The molecule has 3 aromatic carbocycles. The highest BCUT2D eigenvalue weighted by Gasteiger charge is 2.45. The van der Waals surface area contributed by atoms with Gasteiger partial charge in [0.2, 0.25) is 17.7 Å². The number of phenolic OH excluding ortho intramolecular Hbond substituents is 1. The number of aryl methyl sites for hydroxylation is 1. The Balaban J connectivity index is 0.641. The molecular weight excluding hydrogens is 900 g/mol. The number of rotatable bonds is 18. The molecule has 9 rings (SSSR count). The number of anilines is 4. The molecule has 5 aromatic rings. The molecule has 3 fully saturated rings. The molecule has 20 heteroatoms. The van der Waals surface area contributed by atoms with E-state index in [0.717, 1.165) is 87.3 Å². The lowest BCUT2D eigenvalue weighted by atomic mass is 10.0. The molecule has 3 saturated heterocycles. The number of fused-ring (bicyclic) bond motifs is 1. The van der Waals surface area contributed by atoms with E-state index in [1.807, 2.05) is 11.1 Å². The molecule has 5 amide bonds. The zero-order valence-electron chi connectivity index (χ0n) is 38.9. The van der Waals surface area contributed by atoms with E-state index in [0.29, 0.717) is 49.7 Å². The fraction of sp³-hybridized carbons (Fsp3) is 0.420. The summed E-state index contributed by atoms with van der Waals surface area (Å²) >= 11 is 0. The first kappa shape index (κ1) is 47.4. The monoisotopic (exact) mass is 956 g/mol. The molecule has 2 aromatic heterocycles. The Morgan fingerprint density at radius 3 is 2.37 bits per heavy atom. The molecule has 366 valence electrons. The maximum atomic E-state index is 13.9. The quantitative estimate of drug-likeness (QED) is 0.0644. The Kier molecular flexibility index (Phi) is 14.5. The van der Waals surface area contributed by atoms with Gasteiger partial charge in [-0.3, -0.25) is 38.9 Å². The van der Waals surface area contributed by atoms with Crippen molar-refractivity contribution in [1.82, 2.24) is 40.3 Å². The zero-order chi connectivity index (χ0) is 48.7. The molecule has 2 unspecified atom stereocenters. The summed E-state index contributed by atoms with van der Waals surface area (Å²) in [6, 6.07) is 17.7. The van der Waals surface area contributed by atoms with E-state index in [9.17, 15) is 33.5 Å². The minimum atomic E-state index is -1.03. The van der Waals surface area contributed by atoms with Crippen molar-refractivity contribution in [3.63, 3.8) is 0 Å². The lowest BCUT2D eigenvalue weighted by Crippen LogP contribution is -2.54. The number of nitrogens with one attached hydrogen (secondary N) is 2. The van der Waals surface area contributed by atoms with E-state index in [2.05, 4.69) is 65.2 Å². The maximum Gasteiger partial charge on any atom is 0.264 e. The van der Waals surface area contributed by atoms with Gasteiger partial charge in [-0.25, -0.2) is 4.39 Å². The van der Waals surface area contributed by atoms with Crippen LogP contribution in [0.4, 0.5) is 27.3 Å². The van der Waals surface area contributed by atoms with Crippen molar-refractivity contribution < 1.29 is 38.2 Å². The third kappa shape index (κ3) is 10.8. The number of unbranched alkanes of at least 4 members (excludes halogenated alkanes) is 5. The molecule has 70 heavy (non-hydrogen) atoms. The fourth-order valence-electron chi connectivity index (χ4n) is 9.65. The summed E-state index contributed by atoms with van der Waals surface area (Å²) in [5.41, 5.74) is 10.3. The Labute approximate surface area is 404 Å². The molecule has 0 saturated carbocycles. The number of benzene rings is 3. The van der Waals surface area contributed by atoms with Crippen molar-refractivity contribution in [2.45, 2.75) is 95.9 Å². The number of piperazine rings is 1. The summed E-state index contributed by atoms with van der Waals surface area (Å²) in [5, 5.41) is 32.3. The van der Waals surface area contributed by atoms with Gasteiger partial charge in [0.25, 0.3) is 11.8 Å². The Hall–Kier alpha value is -7.64. The number of nitrogen functional groups attached to an aromatic ring is 1. The van der Waals surface area contributed by atoms with Crippen molar-refractivity contribution in [1.29, 1.82) is 0 Å². The SMILES string of the molecule is Nc1nnc(-c2cc(F)ccc2O)cc1OC1CCCN(c2ccc(N3CCN(C(=O)CCCCCCCCn4cc(CNc5cccc6c5C(=O)N(C5CCC(=O)NC5=O)C6=O)nn4)CC3)cc2)C1. The molecule has 0 spiro atoms. The summed E-state index contributed by atoms with van der Waals surface area (Å²) in [5.74, 6) is -2.14. The molecule has 19 nitrogen and oxygen atoms in total. The van der Waals surface area contributed by atoms with Crippen molar-refractivity contribution >= 4 is 52.4 Å². The highest BCUT2D eigenvalue weighted by molar-refractivity contribution is 6.25. The van der Waals surface area contributed by atoms with E-state index in [-0.39, 0.29) is 65.3 Å². The number of hydrogen-bond donors (Lipinski definition) is 4. The standard InChI is InChI=1S/C50H57FN12O7/c51-32-13-19-42(64)38(27-32)40-28-43(47(52)57-56-40)70-36-9-8-21-61(31-36)35-16-14-34(15-17-35)59-23-25-60(26-24-59)45(66)12-5-3-1-2-4-6-22-62-30-33(55-58-62)29-53-39-11-7-10-37-46(39)50(69)63(49(37)68)41-18-20-44(65)54-48(41)67/h7,10-11,13-17,19,27-28,30,36,41,53,64H,1-6,8-9,12,18,20-26,29,31H2,(H2,52,57)(H,54,65,67). The number of halogens is 1. The molecule has 0 bridgehead atoms. The summed E-state index contributed by atoms with van der Waals surface area (Å²) < 4.78 is 22.0. The Morgan fingerprint density at radius 2 is 1.59 bits per heavy atom. The number of piperidine rings is 2. The second-order valence-electron chi connectivity index (χ2n) is 18.2. The molecule has 2 atom stereocenters. The second-order valence-corrected chi connectivity index (χ2v) is 18.2. The number of imide groups is 2. The minimum absolute atomic E-state index is 0.0556. The number of hydrogen-bond acceptors (Lipinski definition) is 15.